The van der Waals surface area contributed by atoms with Gasteiger partial charge in [0, 0.05) is 22.8 Å². The summed E-state index contributed by atoms with van der Waals surface area (Å²) in [6, 6.07) is 12.2. The van der Waals surface area contributed by atoms with Crippen molar-refractivity contribution in [2.45, 2.75) is 0 Å². The molecule has 2 rings (SSSR count). The first kappa shape index (κ1) is 15.5. The Hall–Kier alpha value is -2.93. The number of benzene rings is 2. The van der Waals surface area contributed by atoms with Gasteiger partial charge in [-0.3, -0.25) is 20.3 Å². The number of anilines is 1. The normalized spacial score (nSPS) is 10.4. The van der Waals surface area contributed by atoms with Crippen LogP contribution in [0.1, 0.15) is 5.56 Å². The second-order valence-electron chi connectivity index (χ2n) is 4.10. The Kier molecular flexibility index (Phi) is 5.05. The Balaban J connectivity index is 1.89. The van der Waals surface area contributed by atoms with E-state index in [1.807, 2.05) is 0 Å². The van der Waals surface area contributed by atoms with Crippen LogP contribution in [0.5, 0.6) is 0 Å². The minimum Gasteiger partial charge on any atom is -0.298 e. The molecule has 0 aliphatic carbocycles. The molecular weight excluding hydrogens is 310 g/mol. The lowest BCUT2D eigenvalue weighted by Crippen LogP contribution is -2.10. The van der Waals surface area contributed by atoms with Crippen LogP contribution in [-0.4, -0.2) is 17.2 Å². The van der Waals surface area contributed by atoms with Gasteiger partial charge in [0.1, 0.15) is 0 Å². The van der Waals surface area contributed by atoms with Crippen molar-refractivity contribution in [3.63, 3.8) is 0 Å². The van der Waals surface area contributed by atoms with Gasteiger partial charge in [0.25, 0.3) is 5.69 Å². The zero-order valence-electron chi connectivity index (χ0n) is 11.1. The standard InChI is InChI=1S/C14H10ClN3O4/c15-11-2-1-3-12(8-11)17-14(19)22-16-9-10-4-6-13(7-5-10)18(20)21/h1-9H,(H,17,19)/b16-9-. The lowest BCUT2D eigenvalue weighted by Gasteiger charge is -2.02. The molecule has 0 aliphatic heterocycles. The Morgan fingerprint density at radius 2 is 2.00 bits per heavy atom. The predicted octanol–water partition coefficient (Wildman–Crippen LogP) is 3.83. The van der Waals surface area contributed by atoms with Gasteiger partial charge >= 0.3 is 6.09 Å². The smallest absolute Gasteiger partial charge is 0.298 e. The summed E-state index contributed by atoms with van der Waals surface area (Å²) in [7, 11) is 0. The van der Waals surface area contributed by atoms with Crippen LogP contribution in [0.15, 0.2) is 53.7 Å². The molecule has 0 spiro atoms. The fourth-order valence-corrected chi connectivity index (χ4v) is 1.71. The molecule has 0 aliphatic rings. The zero-order chi connectivity index (χ0) is 15.9. The molecule has 0 bridgehead atoms. The second kappa shape index (κ2) is 7.19. The molecule has 0 unspecified atom stereocenters. The van der Waals surface area contributed by atoms with Crippen LogP contribution in [0, 0.1) is 10.1 Å². The number of carbonyl (C=O) groups excluding carboxylic acids is 1. The van der Waals surface area contributed by atoms with Gasteiger partial charge in [-0.1, -0.05) is 22.8 Å². The molecule has 0 heterocycles. The summed E-state index contributed by atoms with van der Waals surface area (Å²) in [4.78, 5) is 26.1. The molecule has 0 aromatic heterocycles. The number of halogens is 1. The summed E-state index contributed by atoms with van der Waals surface area (Å²) in [6.45, 7) is 0. The lowest BCUT2D eigenvalue weighted by molar-refractivity contribution is -0.384. The Bertz CT molecular complexity index is 716. The maximum Gasteiger partial charge on any atom is 0.437 e. The summed E-state index contributed by atoms with van der Waals surface area (Å²) in [5.74, 6) is 0. The number of rotatable bonds is 4. The third-order valence-electron chi connectivity index (χ3n) is 2.51. The van der Waals surface area contributed by atoms with E-state index in [1.165, 1.54) is 30.5 Å². The lowest BCUT2D eigenvalue weighted by atomic mass is 10.2. The zero-order valence-corrected chi connectivity index (χ0v) is 11.9. The fraction of sp³-hybridized carbons (Fsp3) is 0. The monoisotopic (exact) mass is 319 g/mol. The maximum atomic E-state index is 11.5. The van der Waals surface area contributed by atoms with Crippen molar-refractivity contribution in [2.24, 2.45) is 5.16 Å². The van der Waals surface area contributed by atoms with Gasteiger partial charge in [-0.15, -0.1) is 0 Å². The first-order valence-electron chi connectivity index (χ1n) is 6.06. The average Bonchev–Trinajstić information content (AvgIpc) is 2.47. The van der Waals surface area contributed by atoms with Crippen LogP contribution < -0.4 is 5.32 Å². The molecule has 0 radical (unpaired) electrons. The third-order valence-corrected chi connectivity index (χ3v) is 2.75. The number of nitrogens with zero attached hydrogens (tertiary/aromatic N) is 2. The van der Waals surface area contributed by atoms with Crippen molar-refractivity contribution in [1.82, 2.24) is 0 Å². The van der Waals surface area contributed by atoms with E-state index < -0.39 is 11.0 Å². The third kappa shape index (κ3) is 4.57. The Morgan fingerprint density at radius 3 is 2.64 bits per heavy atom. The highest BCUT2D eigenvalue weighted by Crippen LogP contribution is 2.15. The molecule has 0 atom stereocenters. The fourth-order valence-electron chi connectivity index (χ4n) is 1.52. The number of oxime groups is 1. The first-order valence-corrected chi connectivity index (χ1v) is 6.44. The van der Waals surface area contributed by atoms with Crippen LogP contribution in [0.3, 0.4) is 0 Å². The van der Waals surface area contributed by atoms with E-state index in [0.717, 1.165) is 0 Å². The average molecular weight is 320 g/mol. The van der Waals surface area contributed by atoms with Crippen LogP contribution >= 0.6 is 11.6 Å². The second-order valence-corrected chi connectivity index (χ2v) is 4.53. The van der Waals surface area contributed by atoms with Crippen molar-refractivity contribution in [3.05, 3.63) is 69.2 Å². The van der Waals surface area contributed by atoms with Gasteiger partial charge in [-0.05, 0) is 35.9 Å². The van der Waals surface area contributed by atoms with Crippen molar-refractivity contribution >= 4 is 35.3 Å². The molecule has 2 aromatic rings. The summed E-state index contributed by atoms with van der Waals surface area (Å²) in [6.07, 6.45) is 0.488. The van der Waals surface area contributed by atoms with Gasteiger partial charge in [0.15, 0.2) is 0 Å². The minimum absolute atomic E-state index is 0.0308. The SMILES string of the molecule is O=C(Nc1cccc(Cl)c1)O/N=C\c1ccc([N+](=O)[O-])cc1. The number of non-ortho nitro benzene ring substituents is 1. The number of hydrogen-bond acceptors (Lipinski definition) is 5. The number of nitro benzene ring substituents is 1. The van der Waals surface area contributed by atoms with Crippen LogP contribution in [0.25, 0.3) is 0 Å². The number of carbonyl (C=O) groups is 1. The van der Waals surface area contributed by atoms with E-state index in [9.17, 15) is 14.9 Å². The molecule has 0 saturated carbocycles. The van der Waals surface area contributed by atoms with Crippen molar-refractivity contribution in [1.29, 1.82) is 0 Å². The van der Waals surface area contributed by atoms with Gasteiger partial charge in [0.05, 0.1) is 11.1 Å². The Labute approximate surface area is 130 Å². The van der Waals surface area contributed by atoms with Crippen molar-refractivity contribution < 1.29 is 14.6 Å². The summed E-state index contributed by atoms with van der Waals surface area (Å²) in [5.41, 5.74) is 1.00. The molecule has 0 fully saturated rings. The number of nitro groups is 1. The topological polar surface area (TPSA) is 93.8 Å². The molecule has 1 amide bonds. The van der Waals surface area contributed by atoms with Crippen LogP contribution in [-0.2, 0) is 4.84 Å². The van der Waals surface area contributed by atoms with Crippen molar-refractivity contribution in [3.8, 4) is 0 Å². The molecule has 112 valence electrons. The van der Waals surface area contributed by atoms with E-state index in [2.05, 4.69) is 15.3 Å². The molecule has 7 nitrogen and oxygen atoms in total. The van der Waals surface area contributed by atoms with Crippen molar-refractivity contribution in [2.75, 3.05) is 5.32 Å². The molecule has 22 heavy (non-hydrogen) atoms. The minimum atomic E-state index is -0.777. The van der Waals surface area contributed by atoms with Crippen LogP contribution in [0.4, 0.5) is 16.2 Å². The van der Waals surface area contributed by atoms with Gasteiger partial charge in [0.2, 0.25) is 0 Å². The molecule has 2 aromatic carbocycles. The largest absolute Gasteiger partial charge is 0.437 e. The number of nitrogens with one attached hydrogen (secondary N) is 1. The summed E-state index contributed by atoms with van der Waals surface area (Å²) in [5, 5.41) is 16.9. The van der Waals surface area contributed by atoms with E-state index >= 15 is 0 Å². The molecule has 1 N–H and O–H groups in total. The highest BCUT2D eigenvalue weighted by atomic mass is 35.5. The number of amides is 1. The molecule has 8 heteroatoms. The molecule has 0 saturated heterocycles. The van der Waals surface area contributed by atoms with Gasteiger partial charge in [-0.25, -0.2) is 4.79 Å². The van der Waals surface area contributed by atoms with E-state index in [4.69, 9.17) is 11.6 Å². The maximum absolute atomic E-state index is 11.5. The van der Waals surface area contributed by atoms with E-state index in [-0.39, 0.29) is 5.69 Å². The molecular formula is C14H10ClN3O4. The van der Waals surface area contributed by atoms with Crippen LogP contribution in [0.2, 0.25) is 5.02 Å². The summed E-state index contributed by atoms with van der Waals surface area (Å²) >= 11 is 5.78. The van der Waals surface area contributed by atoms with E-state index in [0.29, 0.717) is 16.3 Å². The quantitative estimate of drug-likeness (QED) is 0.401. The Morgan fingerprint density at radius 1 is 1.27 bits per heavy atom. The summed E-state index contributed by atoms with van der Waals surface area (Å²) < 4.78 is 0. The highest BCUT2D eigenvalue weighted by Gasteiger charge is 2.04. The highest BCUT2D eigenvalue weighted by molar-refractivity contribution is 6.30. The predicted molar refractivity (Wildman–Crippen MR) is 82.2 cm³/mol. The number of hydrogen-bond donors (Lipinski definition) is 1. The first-order chi connectivity index (χ1) is 10.5. The van der Waals surface area contributed by atoms with Gasteiger partial charge in [-0.2, -0.15) is 0 Å². The van der Waals surface area contributed by atoms with Gasteiger partial charge < -0.3 is 0 Å². The van der Waals surface area contributed by atoms with E-state index in [1.54, 1.807) is 24.3 Å².